The first kappa shape index (κ1) is 13.3. The molecule has 1 saturated heterocycles. The fourth-order valence-electron chi connectivity index (χ4n) is 1.54. The van der Waals surface area contributed by atoms with Crippen molar-refractivity contribution in [3.63, 3.8) is 0 Å². The van der Waals surface area contributed by atoms with Crippen LogP contribution in [0, 0.1) is 0 Å². The molecule has 0 aliphatic carbocycles. The van der Waals surface area contributed by atoms with E-state index in [2.05, 4.69) is 10.3 Å². The standard InChI is InChI=1S/C11H11N3O4S/c15-9(4-14-6-19-5-10(14)16)13-7-1-2-12-8(3-7)11(17)18/h1-3H,4-6H2,(H,17,18)(H,12,13,15). The van der Waals surface area contributed by atoms with Crippen LogP contribution in [0.5, 0.6) is 0 Å². The second kappa shape index (κ2) is 5.70. The van der Waals surface area contributed by atoms with Crippen LogP contribution >= 0.6 is 11.8 Å². The zero-order valence-corrected chi connectivity index (χ0v) is 10.6. The molecule has 1 aliphatic heterocycles. The summed E-state index contributed by atoms with van der Waals surface area (Å²) in [6.07, 6.45) is 1.30. The van der Waals surface area contributed by atoms with Gasteiger partial charge in [0, 0.05) is 11.9 Å². The number of hydrogen-bond donors (Lipinski definition) is 2. The van der Waals surface area contributed by atoms with E-state index in [1.165, 1.54) is 35.0 Å². The lowest BCUT2D eigenvalue weighted by atomic mass is 10.3. The quantitative estimate of drug-likeness (QED) is 0.820. The lowest BCUT2D eigenvalue weighted by molar-refractivity contribution is -0.130. The molecule has 2 amide bonds. The molecule has 8 heteroatoms. The Morgan fingerprint density at radius 2 is 2.32 bits per heavy atom. The molecule has 2 rings (SSSR count). The minimum absolute atomic E-state index is 0.0312. The van der Waals surface area contributed by atoms with Crippen molar-refractivity contribution in [2.75, 3.05) is 23.5 Å². The molecule has 1 aliphatic rings. The minimum atomic E-state index is -1.16. The molecule has 0 unspecified atom stereocenters. The van der Waals surface area contributed by atoms with Crippen LogP contribution < -0.4 is 5.32 Å². The van der Waals surface area contributed by atoms with Gasteiger partial charge in [0.1, 0.15) is 12.2 Å². The lowest BCUT2D eigenvalue weighted by Crippen LogP contribution is -2.34. The van der Waals surface area contributed by atoms with Crippen molar-refractivity contribution in [1.82, 2.24) is 9.88 Å². The Kier molecular flexibility index (Phi) is 4.00. The number of hydrogen-bond acceptors (Lipinski definition) is 5. The monoisotopic (exact) mass is 281 g/mol. The molecule has 0 radical (unpaired) electrons. The largest absolute Gasteiger partial charge is 0.477 e. The predicted molar refractivity (Wildman–Crippen MR) is 68.9 cm³/mol. The molecule has 1 aromatic rings. The van der Waals surface area contributed by atoms with Crippen LogP contribution in [-0.2, 0) is 9.59 Å². The average molecular weight is 281 g/mol. The third-order valence-corrected chi connectivity index (χ3v) is 3.37. The van der Waals surface area contributed by atoms with Crippen LogP contribution in [0.25, 0.3) is 0 Å². The van der Waals surface area contributed by atoms with Gasteiger partial charge in [-0.25, -0.2) is 9.78 Å². The number of amides is 2. The Hall–Kier alpha value is -2.09. The van der Waals surface area contributed by atoms with E-state index in [4.69, 9.17) is 5.11 Å². The Balaban J connectivity index is 1.97. The van der Waals surface area contributed by atoms with Crippen LogP contribution in [0.3, 0.4) is 0 Å². The first-order valence-corrected chi connectivity index (χ1v) is 6.56. The number of carboxylic acids is 1. The number of nitrogens with zero attached hydrogens (tertiary/aromatic N) is 2. The number of carboxylic acid groups (broad SMARTS) is 1. The van der Waals surface area contributed by atoms with E-state index in [-0.39, 0.29) is 24.1 Å². The fraction of sp³-hybridized carbons (Fsp3) is 0.273. The number of anilines is 1. The van der Waals surface area contributed by atoms with Gasteiger partial charge in [0.05, 0.1) is 11.6 Å². The van der Waals surface area contributed by atoms with E-state index < -0.39 is 5.97 Å². The number of thioether (sulfide) groups is 1. The normalized spacial score (nSPS) is 14.5. The Labute approximate surface area is 113 Å². The Morgan fingerprint density at radius 1 is 1.53 bits per heavy atom. The summed E-state index contributed by atoms with van der Waals surface area (Å²) >= 11 is 1.45. The number of carbonyl (C=O) groups excluding carboxylic acids is 2. The Morgan fingerprint density at radius 3 is 2.95 bits per heavy atom. The third-order valence-electron chi connectivity index (χ3n) is 2.42. The van der Waals surface area contributed by atoms with Gasteiger partial charge in [-0.1, -0.05) is 0 Å². The van der Waals surface area contributed by atoms with E-state index in [9.17, 15) is 14.4 Å². The van der Waals surface area contributed by atoms with Gasteiger partial charge in [0.15, 0.2) is 0 Å². The highest BCUT2D eigenvalue weighted by Gasteiger charge is 2.22. The number of aromatic nitrogens is 1. The highest BCUT2D eigenvalue weighted by atomic mass is 32.2. The summed E-state index contributed by atoms with van der Waals surface area (Å²) in [6.45, 7) is -0.0312. The smallest absolute Gasteiger partial charge is 0.354 e. The van der Waals surface area contributed by atoms with Gasteiger partial charge < -0.3 is 15.3 Å². The topological polar surface area (TPSA) is 99.6 Å². The maximum absolute atomic E-state index is 11.7. The van der Waals surface area contributed by atoms with Gasteiger partial charge in [-0.2, -0.15) is 0 Å². The van der Waals surface area contributed by atoms with Crippen molar-refractivity contribution in [2.24, 2.45) is 0 Å². The molecular formula is C11H11N3O4S. The van der Waals surface area contributed by atoms with Gasteiger partial charge in [-0.15, -0.1) is 11.8 Å². The van der Waals surface area contributed by atoms with Gasteiger partial charge in [0.25, 0.3) is 0 Å². The molecule has 0 saturated carbocycles. The molecule has 0 spiro atoms. The van der Waals surface area contributed by atoms with Crippen molar-refractivity contribution in [3.05, 3.63) is 24.0 Å². The molecule has 2 heterocycles. The number of pyridine rings is 1. The first-order chi connectivity index (χ1) is 9.06. The molecule has 100 valence electrons. The highest BCUT2D eigenvalue weighted by Crippen LogP contribution is 2.15. The van der Waals surface area contributed by atoms with Crippen LogP contribution in [0.15, 0.2) is 18.3 Å². The summed E-state index contributed by atoms with van der Waals surface area (Å²) in [4.78, 5) is 38.9. The summed E-state index contributed by atoms with van der Waals surface area (Å²) in [5, 5.41) is 11.3. The van der Waals surface area contributed by atoms with E-state index in [0.717, 1.165) is 0 Å². The van der Waals surface area contributed by atoms with Crippen LogP contribution in [0.1, 0.15) is 10.5 Å². The zero-order chi connectivity index (χ0) is 13.8. The number of aromatic carboxylic acids is 1. The maximum atomic E-state index is 11.7. The average Bonchev–Trinajstić information content (AvgIpc) is 2.75. The number of nitrogens with one attached hydrogen (secondary N) is 1. The molecule has 1 aromatic heterocycles. The predicted octanol–water partition coefficient (Wildman–Crippen LogP) is 0.251. The molecule has 0 bridgehead atoms. The van der Waals surface area contributed by atoms with Gasteiger partial charge in [-0.05, 0) is 12.1 Å². The van der Waals surface area contributed by atoms with Crippen LogP contribution in [0.2, 0.25) is 0 Å². The highest BCUT2D eigenvalue weighted by molar-refractivity contribution is 8.00. The van der Waals surface area contributed by atoms with Crippen molar-refractivity contribution < 1.29 is 19.5 Å². The van der Waals surface area contributed by atoms with Crippen molar-refractivity contribution in [2.45, 2.75) is 0 Å². The summed E-state index contributed by atoms with van der Waals surface area (Å²) in [7, 11) is 0. The van der Waals surface area contributed by atoms with Crippen molar-refractivity contribution in [3.8, 4) is 0 Å². The maximum Gasteiger partial charge on any atom is 0.354 e. The molecule has 7 nitrogen and oxygen atoms in total. The fourth-order valence-corrected chi connectivity index (χ4v) is 2.44. The SMILES string of the molecule is O=C(CN1CSCC1=O)Nc1ccnc(C(=O)O)c1. The minimum Gasteiger partial charge on any atom is -0.477 e. The first-order valence-electron chi connectivity index (χ1n) is 5.41. The second-order valence-electron chi connectivity index (χ2n) is 3.85. The lowest BCUT2D eigenvalue weighted by Gasteiger charge is -2.14. The summed E-state index contributed by atoms with van der Waals surface area (Å²) in [5.74, 6) is -0.698. The second-order valence-corrected chi connectivity index (χ2v) is 4.81. The molecule has 0 atom stereocenters. The molecular weight excluding hydrogens is 270 g/mol. The molecule has 1 fully saturated rings. The van der Waals surface area contributed by atoms with Crippen LogP contribution in [0.4, 0.5) is 5.69 Å². The number of rotatable bonds is 4. The van der Waals surface area contributed by atoms with Gasteiger partial charge in [0.2, 0.25) is 11.8 Å². The summed E-state index contributed by atoms with van der Waals surface area (Å²) in [6, 6.07) is 2.76. The summed E-state index contributed by atoms with van der Waals surface area (Å²) in [5.41, 5.74) is 0.197. The summed E-state index contributed by atoms with van der Waals surface area (Å²) < 4.78 is 0. The van der Waals surface area contributed by atoms with E-state index >= 15 is 0 Å². The van der Waals surface area contributed by atoms with E-state index in [1.807, 2.05) is 0 Å². The van der Waals surface area contributed by atoms with Crippen molar-refractivity contribution in [1.29, 1.82) is 0 Å². The van der Waals surface area contributed by atoms with Gasteiger partial charge in [-0.3, -0.25) is 9.59 Å². The van der Waals surface area contributed by atoms with E-state index in [1.54, 1.807) is 0 Å². The van der Waals surface area contributed by atoms with E-state index in [0.29, 0.717) is 17.3 Å². The molecule has 0 aromatic carbocycles. The third kappa shape index (κ3) is 3.44. The number of carbonyl (C=O) groups is 3. The molecule has 2 N–H and O–H groups in total. The Bertz CT molecular complexity index is 534. The zero-order valence-electron chi connectivity index (χ0n) is 9.83. The van der Waals surface area contributed by atoms with Gasteiger partial charge >= 0.3 is 5.97 Å². The van der Waals surface area contributed by atoms with Crippen molar-refractivity contribution >= 4 is 35.2 Å². The van der Waals surface area contributed by atoms with Crippen LogP contribution in [-0.4, -0.2) is 50.9 Å². The molecule has 19 heavy (non-hydrogen) atoms.